The molecule has 0 bridgehead atoms. The first-order chi connectivity index (χ1) is 9.17. The number of para-hydroxylation sites is 1. The number of aryl methyl sites for hydroxylation is 1. The molecular formula is C14H18BrN3O. The molecule has 0 aliphatic heterocycles. The van der Waals surface area contributed by atoms with Crippen molar-refractivity contribution in [2.24, 2.45) is 7.05 Å². The van der Waals surface area contributed by atoms with Crippen molar-refractivity contribution in [1.82, 2.24) is 15.1 Å². The van der Waals surface area contributed by atoms with E-state index in [-0.39, 0.29) is 11.9 Å². The van der Waals surface area contributed by atoms with Crippen LogP contribution in [0.3, 0.4) is 0 Å². The zero-order valence-electron chi connectivity index (χ0n) is 11.2. The molecule has 1 aromatic heterocycles. The summed E-state index contributed by atoms with van der Waals surface area (Å²) in [5.74, 6) is -0.0930. The van der Waals surface area contributed by atoms with E-state index in [2.05, 4.69) is 33.3 Å². The number of halogens is 1. The summed E-state index contributed by atoms with van der Waals surface area (Å²) < 4.78 is 1.75. The summed E-state index contributed by atoms with van der Waals surface area (Å²) in [7, 11) is 1.86. The minimum Gasteiger partial charge on any atom is -0.348 e. The van der Waals surface area contributed by atoms with Crippen LogP contribution in [0.15, 0.2) is 24.3 Å². The number of carbonyl (C=O) groups is 1. The summed E-state index contributed by atoms with van der Waals surface area (Å²) in [4.78, 5) is 12.3. The van der Waals surface area contributed by atoms with Gasteiger partial charge in [-0.25, -0.2) is 0 Å². The van der Waals surface area contributed by atoms with Crippen LogP contribution < -0.4 is 5.32 Å². The number of benzene rings is 1. The van der Waals surface area contributed by atoms with Gasteiger partial charge in [-0.15, -0.1) is 0 Å². The molecule has 0 saturated carbocycles. The van der Waals surface area contributed by atoms with Crippen molar-refractivity contribution < 1.29 is 4.79 Å². The van der Waals surface area contributed by atoms with Crippen LogP contribution in [0.4, 0.5) is 0 Å². The number of rotatable bonds is 5. The second-order valence-electron chi connectivity index (χ2n) is 4.55. The lowest BCUT2D eigenvalue weighted by atomic mass is 10.1. The van der Waals surface area contributed by atoms with Crippen LogP contribution in [0.25, 0.3) is 10.9 Å². The van der Waals surface area contributed by atoms with E-state index in [1.54, 1.807) is 4.68 Å². The number of amides is 1. The van der Waals surface area contributed by atoms with Gasteiger partial charge in [0, 0.05) is 23.8 Å². The summed E-state index contributed by atoms with van der Waals surface area (Å²) in [6.45, 7) is 2.07. The molecule has 0 radical (unpaired) electrons. The Morgan fingerprint density at radius 1 is 1.47 bits per heavy atom. The maximum Gasteiger partial charge on any atom is 0.272 e. The van der Waals surface area contributed by atoms with Crippen LogP contribution in [0.2, 0.25) is 0 Å². The van der Waals surface area contributed by atoms with Gasteiger partial charge in [-0.2, -0.15) is 5.10 Å². The van der Waals surface area contributed by atoms with E-state index < -0.39 is 0 Å². The smallest absolute Gasteiger partial charge is 0.272 e. The summed E-state index contributed by atoms with van der Waals surface area (Å²) in [6, 6.07) is 7.96. The SMILES string of the molecule is CCC(CCBr)NC(=O)c1nn(C)c2ccccc12. The van der Waals surface area contributed by atoms with E-state index in [1.807, 2.05) is 31.3 Å². The zero-order chi connectivity index (χ0) is 13.8. The fourth-order valence-electron chi connectivity index (χ4n) is 2.15. The topological polar surface area (TPSA) is 46.9 Å². The largest absolute Gasteiger partial charge is 0.348 e. The van der Waals surface area contributed by atoms with Crippen molar-refractivity contribution >= 4 is 32.7 Å². The molecule has 19 heavy (non-hydrogen) atoms. The molecule has 1 amide bonds. The van der Waals surface area contributed by atoms with Gasteiger partial charge in [-0.3, -0.25) is 9.48 Å². The third-order valence-electron chi connectivity index (χ3n) is 3.26. The fourth-order valence-corrected chi connectivity index (χ4v) is 2.70. The molecule has 102 valence electrons. The molecule has 0 spiro atoms. The highest BCUT2D eigenvalue weighted by atomic mass is 79.9. The average Bonchev–Trinajstić information content (AvgIpc) is 2.76. The standard InChI is InChI=1S/C14H18BrN3O/c1-3-10(8-9-15)16-14(19)13-11-6-4-5-7-12(11)18(2)17-13/h4-7,10H,3,8-9H2,1-2H3,(H,16,19). The van der Waals surface area contributed by atoms with Crippen molar-refractivity contribution in [2.75, 3.05) is 5.33 Å². The Morgan fingerprint density at radius 3 is 2.89 bits per heavy atom. The quantitative estimate of drug-likeness (QED) is 0.860. The van der Waals surface area contributed by atoms with Gasteiger partial charge < -0.3 is 5.32 Å². The highest BCUT2D eigenvalue weighted by Gasteiger charge is 2.18. The molecule has 0 saturated heterocycles. The Labute approximate surface area is 121 Å². The first kappa shape index (κ1) is 14.1. The number of fused-ring (bicyclic) bond motifs is 1. The van der Waals surface area contributed by atoms with Gasteiger partial charge in [-0.05, 0) is 18.9 Å². The van der Waals surface area contributed by atoms with Crippen LogP contribution in [0.1, 0.15) is 30.3 Å². The highest BCUT2D eigenvalue weighted by Crippen LogP contribution is 2.17. The lowest BCUT2D eigenvalue weighted by molar-refractivity contribution is 0.0931. The number of aromatic nitrogens is 2. The molecule has 0 aliphatic rings. The number of hydrogen-bond donors (Lipinski definition) is 1. The van der Waals surface area contributed by atoms with Crippen molar-refractivity contribution in [3.63, 3.8) is 0 Å². The number of nitrogens with one attached hydrogen (secondary N) is 1. The molecule has 1 unspecified atom stereocenters. The molecule has 4 nitrogen and oxygen atoms in total. The fraction of sp³-hybridized carbons (Fsp3) is 0.429. The summed E-state index contributed by atoms with van der Waals surface area (Å²) >= 11 is 3.41. The first-order valence-electron chi connectivity index (χ1n) is 6.46. The van der Waals surface area contributed by atoms with Crippen molar-refractivity contribution in [2.45, 2.75) is 25.8 Å². The Hall–Kier alpha value is -1.36. The van der Waals surface area contributed by atoms with Gasteiger partial charge in [-0.1, -0.05) is 41.1 Å². The zero-order valence-corrected chi connectivity index (χ0v) is 12.8. The molecule has 2 rings (SSSR count). The van der Waals surface area contributed by atoms with E-state index in [0.29, 0.717) is 5.69 Å². The molecule has 1 N–H and O–H groups in total. The van der Waals surface area contributed by atoms with E-state index >= 15 is 0 Å². The highest BCUT2D eigenvalue weighted by molar-refractivity contribution is 9.09. The van der Waals surface area contributed by atoms with Crippen LogP contribution in [-0.4, -0.2) is 27.1 Å². The Morgan fingerprint density at radius 2 is 2.21 bits per heavy atom. The van der Waals surface area contributed by atoms with E-state index in [1.165, 1.54) is 0 Å². The summed E-state index contributed by atoms with van der Waals surface area (Å²) in [6.07, 6.45) is 1.84. The van der Waals surface area contributed by atoms with Gasteiger partial charge in [0.2, 0.25) is 0 Å². The maximum atomic E-state index is 12.3. The number of hydrogen-bond acceptors (Lipinski definition) is 2. The molecular weight excluding hydrogens is 306 g/mol. The first-order valence-corrected chi connectivity index (χ1v) is 7.58. The van der Waals surface area contributed by atoms with Gasteiger partial charge in [0.05, 0.1) is 5.52 Å². The predicted molar refractivity (Wildman–Crippen MR) is 80.7 cm³/mol. The third-order valence-corrected chi connectivity index (χ3v) is 3.72. The van der Waals surface area contributed by atoms with E-state index in [0.717, 1.165) is 29.1 Å². The van der Waals surface area contributed by atoms with Crippen molar-refractivity contribution in [3.05, 3.63) is 30.0 Å². The number of nitrogens with zero attached hydrogens (tertiary/aromatic N) is 2. The Bertz CT molecular complexity index is 579. The van der Waals surface area contributed by atoms with Gasteiger partial charge in [0.25, 0.3) is 5.91 Å². The van der Waals surface area contributed by atoms with Gasteiger partial charge in [0.1, 0.15) is 0 Å². The van der Waals surface area contributed by atoms with E-state index in [4.69, 9.17) is 0 Å². The molecule has 0 aliphatic carbocycles. The monoisotopic (exact) mass is 323 g/mol. The van der Waals surface area contributed by atoms with Gasteiger partial charge in [0.15, 0.2) is 5.69 Å². The lowest BCUT2D eigenvalue weighted by Crippen LogP contribution is -2.35. The van der Waals surface area contributed by atoms with Crippen LogP contribution in [0, 0.1) is 0 Å². The molecule has 1 aromatic carbocycles. The Balaban J connectivity index is 2.26. The lowest BCUT2D eigenvalue weighted by Gasteiger charge is -2.14. The van der Waals surface area contributed by atoms with Crippen LogP contribution >= 0.6 is 15.9 Å². The maximum absolute atomic E-state index is 12.3. The second-order valence-corrected chi connectivity index (χ2v) is 5.34. The van der Waals surface area contributed by atoms with E-state index in [9.17, 15) is 4.79 Å². The minimum absolute atomic E-state index is 0.0930. The molecule has 1 heterocycles. The van der Waals surface area contributed by atoms with Crippen molar-refractivity contribution in [3.8, 4) is 0 Å². The predicted octanol–water partition coefficient (Wildman–Crippen LogP) is 2.87. The van der Waals surface area contributed by atoms with Crippen LogP contribution in [0.5, 0.6) is 0 Å². The normalized spacial score (nSPS) is 12.6. The molecule has 0 fully saturated rings. The van der Waals surface area contributed by atoms with Crippen LogP contribution in [-0.2, 0) is 7.05 Å². The van der Waals surface area contributed by atoms with Gasteiger partial charge >= 0.3 is 0 Å². The molecule has 1 atom stereocenters. The minimum atomic E-state index is -0.0930. The van der Waals surface area contributed by atoms with Crippen molar-refractivity contribution in [1.29, 1.82) is 0 Å². The number of alkyl halides is 1. The molecule has 5 heteroatoms. The Kier molecular flexibility index (Phi) is 4.58. The number of carbonyl (C=O) groups excluding carboxylic acids is 1. The summed E-state index contributed by atoms with van der Waals surface area (Å²) in [5, 5.41) is 9.16. The third kappa shape index (κ3) is 2.97. The summed E-state index contributed by atoms with van der Waals surface area (Å²) in [5.41, 5.74) is 1.48. The molecule has 2 aromatic rings. The average molecular weight is 324 g/mol. The second kappa shape index (κ2) is 6.19.